The van der Waals surface area contributed by atoms with Crippen molar-refractivity contribution in [2.75, 3.05) is 0 Å². The summed E-state index contributed by atoms with van der Waals surface area (Å²) < 4.78 is 0. The average molecular weight is 235 g/mol. The first-order valence-electron chi connectivity index (χ1n) is 4.60. The SMILES string of the molecule is O=C(Cc1nccs1)c1ccc(O)cc1O. The summed E-state index contributed by atoms with van der Waals surface area (Å²) in [5.41, 5.74) is 0.202. The van der Waals surface area contributed by atoms with Crippen molar-refractivity contribution < 1.29 is 15.0 Å². The van der Waals surface area contributed by atoms with Gasteiger partial charge in [0.25, 0.3) is 0 Å². The normalized spacial score (nSPS) is 10.2. The molecule has 0 aliphatic heterocycles. The third kappa shape index (κ3) is 2.20. The number of hydrogen-bond acceptors (Lipinski definition) is 5. The summed E-state index contributed by atoms with van der Waals surface area (Å²) in [4.78, 5) is 15.8. The Balaban J connectivity index is 2.21. The van der Waals surface area contributed by atoms with Gasteiger partial charge in [-0.3, -0.25) is 4.79 Å². The molecule has 16 heavy (non-hydrogen) atoms. The lowest BCUT2D eigenvalue weighted by molar-refractivity contribution is 0.0990. The lowest BCUT2D eigenvalue weighted by Gasteiger charge is -2.02. The van der Waals surface area contributed by atoms with Crippen molar-refractivity contribution in [3.63, 3.8) is 0 Å². The fourth-order valence-corrected chi connectivity index (χ4v) is 1.94. The van der Waals surface area contributed by atoms with Crippen LogP contribution in [0, 0.1) is 0 Å². The Morgan fingerprint density at radius 1 is 1.38 bits per heavy atom. The molecule has 82 valence electrons. The number of ketones is 1. The number of benzene rings is 1. The molecule has 1 aromatic carbocycles. The maximum Gasteiger partial charge on any atom is 0.173 e. The molecule has 0 aliphatic rings. The molecule has 0 amide bonds. The molecule has 5 heteroatoms. The van der Waals surface area contributed by atoms with Gasteiger partial charge in [0.05, 0.1) is 12.0 Å². The summed E-state index contributed by atoms with van der Waals surface area (Å²) in [6.45, 7) is 0. The van der Waals surface area contributed by atoms with E-state index in [2.05, 4.69) is 4.98 Å². The molecule has 0 spiro atoms. The maximum atomic E-state index is 11.8. The lowest BCUT2D eigenvalue weighted by Crippen LogP contribution is -2.03. The largest absolute Gasteiger partial charge is 0.508 e. The fraction of sp³-hybridized carbons (Fsp3) is 0.0909. The number of phenols is 2. The third-order valence-electron chi connectivity index (χ3n) is 2.08. The Hall–Kier alpha value is -1.88. The number of Topliss-reactive ketones (excluding diaryl/α,β-unsaturated/α-hetero) is 1. The fourth-order valence-electron chi connectivity index (χ4n) is 1.33. The van der Waals surface area contributed by atoms with Crippen LogP contribution in [0.3, 0.4) is 0 Å². The van der Waals surface area contributed by atoms with E-state index in [9.17, 15) is 9.90 Å². The van der Waals surface area contributed by atoms with Crippen molar-refractivity contribution in [3.05, 3.63) is 40.3 Å². The Bertz CT molecular complexity index is 508. The van der Waals surface area contributed by atoms with Crippen molar-refractivity contribution >= 4 is 17.1 Å². The minimum absolute atomic E-state index is 0.0664. The predicted octanol–water partition coefficient (Wildman–Crippen LogP) is 1.98. The van der Waals surface area contributed by atoms with Gasteiger partial charge in [-0.2, -0.15) is 0 Å². The van der Waals surface area contributed by atoms with Crippen LogP contribution >= 0.6 is 11.3 Å². The number of carbonyl (C=O) groups excluding carboxylic acids is 1. The van der Waals surface area contributed by atoms with Crippen molar-refractivity contribution in [1.82, 2.24) is 4.98 Å². The highest BCUT2D eigenvalue weighted by atomic mass is 32.1. The smallest absolute Gasteiger partial charge is 0.173 e. The molecule has 0 radical (unpaired) electrons. The molecule has 1 aromatic heterocycles. The van der Waals surface area contributed by atoms with Crippen LogP contribution in [0.2, 0.25) is 0 Å². The van der Waals surface area contributed by atoms with Crippen molar-refractivity contribution in [3.8, 4) is 11.5 Å². The van der Waals surface area contributed by atoms with E-state index in [1.165, 1.54) is 23.5 Å². The van der Waals surface area contributed by atoms with Crippen molar-refractivity contribution in [2.24, 2.45) is 0 Å². The average Bonchev–Trinajstić information content (AvgIpc) is 2.70. The molecule has 0 bridgehead atoms. The van der Waals surface area contributed by atoms with Crippen LogP contribution < -0.4 is 0 Å². The van der Waals surface area contributed by atoms with Crippen molar-refractivity contribution in [2.45, 2.75) is 6.42 Å². The van der Waals surface area contributed by atoms with Crippen molar-refractivity contribution in [1.29, 1.82) is 0 Å². The quantitative estimate of drug-likeness (QED) is 0.798. The monoisotopic (exact) mass is 235 g/mol. The molecule has 0 atom stereocenters. The number of aromatic hydroxyl groups is 2. The molecule has 0 unspecified atom stereocenters. The van der Waals surface area contributed by atoms with Crippen LogP contribution in [0.15, 0.2) is 29.8 Å². The minimum atomic E-state index is -0.215. The van der Waals surface area contributed by atoms with Crippen LogP contribution in [0.1, 0.15) is 15.4 Å². The van der Waals surface area contributed by atoms with E-state index < -0.39 is 0 Å². The summed E-state index contributed by atoms with van der Waals surface area (Å²) in [5, 5.41) is 21.1. The van der Waals surface area contributed by atoms with Gasteiger partial charge < -0.3 is 10.2 Å². The second-order valence-electron chi connectivity index (χ2n) is 3.23. The second-order valence-corrected chi connectivity index (χ2v) is 4.21. The Labute approximate surface area is 95.8 Å². The molecule has 0 aliphatic carbocycles. The topological polar surface area (TPSA) is 70.4 Å². The minimum Gasteiger partial charge on any atom is -0.508 e. The number of thiazole rings is 1. The first-order valence-corrected chi connectivity index (χ1v) is 5.48. The molecule has 0 saturated heterocycles. The maximum absolute atomic E-state index is 11.8. The van der Waals surface area contributed by atoms with Gasteiger partial charge in [-0.25, -0.2) is 4.98 Å². The van der Waals surface area contributed by atoms with E-state index in [0.29, 0.717) is 5.01 Å². The number of aromatic nitrogens is 1. The van der Waals surface area contributed by atoms with E-state index >= 15 is 0 Å². The van der Waals surface area contributed by atoms with Crippen LogP contribution in [0.5, 0.6) is 11.5 Å². The molecular weight excluding hydrogens is 226 g/mol. The standard InChI is InChI=1S/C11H9NO3S/c13-7-1-2-8(9(14)5-7)10(15)6-11-12-3-4-16-11/h1-5,13-14H,6H2. The molecule has 2 rings (SSSR count). The summed E-state index contributed by atoms with van der Waals surface area (Å²) in [5.74, 6) is -0.489. The van der Waals surface area contributed by atoms with E-state index in [-0.39, 0.29) is 29.3 Å². The number of nitrogens with zero attached hydrogens (tertiary/aromatic N) is 1. The van der Waals surface area contributed by atoms with Gasteiger partial charge >= 0.3 is 0 Å². The summed E-state index contributed by atoms with van der Waals surface area (Å²) in [7, 11) is 0. The number of carbonyl (C=O) groups is 1. The molecule has 2 N–H and O–H groups in total. The Morgan fingerprint density at radius 2 is 2.19 bits per heavy atom. The Kier molecular flexibility index (Phi) is 2.87. The molecule has 2 aromatic rings. The Morgan fingerprint density at radius 3 is 2.81 bits per heavy atom. The summed E-state index contributed by atoms with van der Waals surface area (Å²) in [6.07, 6.45) is 1.79. The van der Waals surface area contributed by atoms with Crippen LogP contribution in [0.25, 0.3) is 0 Å². The lowest BCUT2D eigenvalue weighted by atomic mass is 10.1. The van der Waals surface area contributed by atoms with Gasteiger partial charge in [-0.15, -0.1) is 11.3 Å². The van der Waals surface area contributed by atoms with Gasteiger partial charge in [0.1, 0.15) is 16.5 Å². The molecule has 4 nitrogen and oxygen atoms in total. The molecule has 0 saturated carbocycles. The van der Waals surface area contributed by atoms with Crippen LogP contribution in [-0.4, -0.2) is 21.0 Å². The predicted molar refractivity (Wildman–Crippen MR) is 59.9 cm³/mol. The van der Waals surface area contributed by atoms with Gasteiger partial charge in [-0.1, -0.05) is 0 Å². The highest BCUT2D eigenvalue weighted by Crippen LogP contribution is 2.24. The van der Waals surface area contributed by atoms with Gasteiger partial charge in [0, 0.05) is 17.6 Å². The molecular formula is C11H9NO3S. The summed E-state index contributed by atoms with van der Waals surface area (Å²) >= 11 is 1.39. The highest BCUT2D eigenvalue weighted by molar-refractivity contribution is 7.09. The van der Waals surface area contributed by atoms with Gasteiger partial charge in [0.15, 0.2) is 5.78 Å². The first-order chi connectivity index (χ1) is 7.66. The van der Waals surface area contributed by atoms with Crippen LogP contribution in [0.4, 0.5) is 0 Å². The highest BCUT2D eigenvalue weighted by Gasteiger charge is 2.13. The molecule has 1 heterocycles. The first kappa shape index (κ1) is 10.6. The molecule has 0 fully saturated rings. The van der Waals surface area contributed by atoms with Gasteiger partial charge in [0.2, 0.25) is 0 Å². The zero-order valence-corrected chi connectivity index (χ0v) is 9.07. The van der Waals surface area contributed by atoms with E-state index in [1.807, 2.05) is 0 Å². The number of rotatable bonds is 3. The summed E-state index contributed by atoms with van der Waals surface area (Å²) in [6, 6.07) is 3.92. The number of phenolic OH excluding ortho intramolecular Hbond substituents is 2. The second kappa shape index (κ2) is 4.32. The van der Waals surface area contributed by atoms with E-state index in [0.717, 1.165) is 6.07 Å². The van der Waals surface area contributed by atoms with E-state index in [4.69, 9.17) is 5.11 Å². The van der Waals surface area contributed by atoms with Gasteiger partial charge in [-0.05, 0) is 12.1 Å². The zero-order valence-electron chi connectivity index (χ0n) is 8.25. The zero-order chi connectivity index (χ0) is 11.5. The van der Waals surface area contributed by atoms with Crippen LogP contribution in [-0.2, 0) is 6.42 Å². The van der Waals surface area contributed by atoms with E-state index in [1.54, 1.807) is 11.6 Å². The number of hydrogen-bond donors (Lipinski definition) is 2. The third-order valence-corrected chi connectivity index (χ3v) is 2.86.